The molecule has 0 spiro atoms. The molecule has 9 rings (SSSR count). The first-order valence-electron chi connectivity index (χ1n) is 20.1. The number of benzene rings is 2. The van der Waals surface area contributed by atoms with E-state index in [-0.39, 0.29) is 23.8 Å². The zero-order valence-corrected chi connectivity index (χ0v) is 31.5. The number of nitrogens with two attached hydrogens (primary N) is 1. The number of carbonyl (C=O) groups excluding carboxylic acids is 2. The van der Waals surface area contributed by atoms with E-state index in [1.54, 1.807) is 0 Å². The van der Waals surface area contributed by atoms with Crippen molar-refractivity contribution in [3.8, 4) is 22.8 Å². The van der Waals surface area contributed by atoms with Crippen molar-refractivity contribution in [3.05, 3.63) is 67.5 Å². The Hall–Kier alpha value is -4.77. The van der Waals surface area contributed by atoms with E-state index >= 15 is 0 Å². The van der Waals surface area contributed by atoms with Crippen molar-refractivity contribution in [3.63, 3.8) is 0 Å². The van der Waals surface area contributed by atoms with Crippen LogP contribution in [0, 0.1) is 29.1 Å². The summed E-state index contributed by atoms with van der Waals surface area (Å²) in [6.07, 6.45) is 16.4. The molecule has 0 radical (unpaired) electrons. The minimum absolute atomic E-state index is 0.0819. The van der Waals surface area contributed by atoms with Crippen LogP contribution in [0.1, 0.15) is 83.6 Å². The summed E-state index contributed by atoms with van der Waals surface area (Å²) in [5.41, 5.74) is 9.58. The van der Waals surface area contributed by atoms with Crippen molar-refractivity contribution in [2.24, 2.45) is 29.1 Å². The van der Waals surface area contributed by atoms with Gasteiger partial charge in [0.2, 0.25) is 11.8 Å². The van der Waals surface area contributed by atoms with E-state index in [4.69, 9.17) is 15.6 Å². The van der Waals surface area contributed by atoms with E-state index in [9.17, 15) is 9.59 Å². The number of anilines is 2. The Bertz CT molecular complexity index is 1950. The summed E-state index contributed by atoms with van der Waals surface area (Å²) in [5.74, 6) is 4.33. The molecule has 1 unspecified atom stereocenters. The van der Waals surface area contributed by atoms with Gasteiger partial charge in [-0.1, -0.05) is 31.7 Å². The third kappa shape index (κ3) is 7.74. The maximum Gasteiger partial charge on any atom is 0.247 e. The number of amides is 2. The van der Waals surface area contributed by atoms with Crippen LogP contribution >= 0.6 is 0 Å². The number of para-hydroxylation sites is 1. The van der Waals surface area contributed by atoms with Gasteiger partial charge >= 0.3 is 0 Å². The number of carbonyl (C=O) groups is 2. The van der Waals surface area contributed by atoms with Crippen LogP contribution in [0.15, 0.2) is 67.5 Å². The number of hydrogen-bond acceptors (Lipinski definition) is 8. The fourth-order valence-electron chi connectivity index (χ4n) is 10.4. The molecule has 5 fully saturated rings. The molecule has 3 heterocycles. The summed E-state index contributed by atoms with van der Waals surface area (Å²) >= 11 is 0. The number of nitrogens with zero attached hydrogens (tertiary/aromatic N) is 5. The van der Waals surface area contributed by atoms with Crippen molar-refractivity contribution in [2.75, 3.05) is 37.2 Å². The number of rotatable bonds is 14. The lowest BCUT2D eigenvalue weighted by Crippen LogP contribution is -2.46. The van der Waals surface area contributed by atoms with Gasteiger partial charge in [0, 0.05) is 31.1 Å². The lowest BCUT2D eigenvalue weighted by atomic mass is 9.48. The summed E-state index contributed by atoms with van der Waals surface area (Å²) in [7, 11) is 0. The molecule has 284 valence electrons. The van der Waals surface area contributed by atoms with Crippen molar-refractivity contribution < 1.29 is 14.3 Å². The predicted molar refractivity (Wildman–Crippen MR) is 212 cm³/mol. The number of aromatic nitrogens is 4. The van der Waals surface area contributed by atoms with Crippen LogP contribution in [-0.4, -0.2) is 62.6 Å². The lowest BCUT2D eigenvalue weighted by Gasteiger charge is -2.57. The smallest absolute Gasteiger partial charge is 0.247 e. The molecule has 4 N–H and O–H groups in total. The van der Waals surface area contributed by atoms with Crippen LogP contribution in [-0.2, 0) is 9.59 Å². The summed E-state index contributed by atoms with van der Waals surface area (Å²) in [5, 5.41) is 11.9. The molecule has 2 amide bonds. The second-order valence-corrected chi connectivity index (χ2v) is 16.6. The Morgan fingerprint density at radius 1 is 1.04 bits per heavy atom. The summed E-state index contributed by atoms with van der Waals surface area (Å²) in [6, 6.07) is 15.1. The minimum Gasteiger partial charge on any atom is -0.455 e. The van der Waals surface area contributed by atoms with Crippen molar-refractivity contribution in [1.82, 2.24) is 30.0 Å². The van der Waals surface area contributed by atoms with Crippen LogP contribution in [0.25, 0.3) is 22.3 Å². The summed E-state index contributed by atoms with van der Waals surface area (Å²) in [6.45, 7) is 9.26. The molecule has 1 atom stereocenters. The third-order valence-corrected chi connectivity index (χ3v) is 12.8. The quantitative estimate of drug-likeness (QED) is 0.0884. The fourth-order valence-corrected chi connectivity index (χ4v) is 10.4. The number of fused-ring (bicyclic) bond motifs is 1. The number of likely N-dealkylation sites (tertiary alicyclic amines) is 1. The minimum atomic E-state index is -0.352. The predicted octanol–water partition coefficient (Wildman–Crippen LogP) is 7.77. The molecule has 54 heavy (non-hydrogen) atoms. The van der Waals surface area contributed by atoms with Gasteiger partial charge in [-0.15, -0.1) is 0 Å². The molecule has 2 aromatic heterocycles. The van der Waals surface area contributed by atoms with Gasteiger partial charge < -0.3 is 26.0 Å². The van der Waals surface area contributed by atoms with Gasteiger partial charge in [-0.3, -0.25) is 9.59 Å². The molecular weight excluding hydrogens is 677 g/mol. The number of ether oxygens (including phenoxy) is 1. The van der Waals surface area contributed by atoms with Crippen molar-refractivity contribution >= 4 is 34.4 Å². The first kappa shape index (κ1) is 36.2. The number of nitrogens with one attached hydrogen (secondary N) is 2. The molecular formula is C43H54N8O3. The normalized spacial score (nSPS) is 24.4. The van der Waals surface area contributed by atoms with E-state index in [2.05, 4.69) is 39.0 Å². The average Bonchev–Trinajstić information content (AvgIpc) is 3.57. The van der Waals surface area contributed by atoms with Crippen LogP contribution in [0.5, 0.6) is 11.5 Å². The Labute approximate surface area is 318 Å². The van der Waals surface area contributed by atoms with Gasteiger partial charge in [-0.05, 0) is 137 Å². The monoisotopic (exact) mass is 730 g/mol. The topological polar surface area (TPSA) is 140 Å². The van der Waals surface area contributed by atoms with Crippen molar-refractivity contribution in [1.29, 1.82) is 0 Å². The number of nitrogen functional groups attached to an aromatic ring is 1. The Kier molecular flexibility index (Phi) is 10.4. The second-order valence-electron chi connectivity index (χ2n) is 16.6. The van der Waals surface area contributed by atoms with Gasteiger partial charge in [-0.2, -0.15) is 5.10 Å². The van der Waals surface area contributed by atoms with Crippen LogP contribution < -0.4 is 21.1 Å². The van der Waals surface area contributed by atoms with E-state index in [0.29, 0.717) is 51.7 Å². The van der Waals surface area contributed by atoms with Crippen LogP contribution in [0.4, 0.5) is 11.5 Å². The molecule has 11 heteroatoms. The number of hydrogen-bond donors (Lipinski definition) is 3. The molecule has 2 aromatic carbocycles. The van der Waals surface area contributed by atoms with Gasteiger partial charge in [0.25, 0.3) is 0 Å². The molecule has 4 bridgehead atoms. The molecule has 5 aliphatic rings. The van der Waals surface area contributed by atoms with Crippen LogP contribution in [0.3, 0.4) is 0 Å². The molecule has 11 nitrogen and oxygen atoms in total. The Morgan fingerprint density at radius 2 is 1.76 bits per heavy atom. The second kappa shape index (κ2) is 15.5. The highest BCUT2D eigenvalue weighted by Gasteiger charge is 2.50. The van der Waals surface area contributed by atoms with Gasteiger partial charge in [-0.25, -0.2) is 14.6 Å². The zero-order chi connectivity index (χ0) is 37.2. The molecule has 4 aliphatic carbocycles. The Morgan fingerprint density at radius 3 is 2.46 bits per heavy atom. The third-order valence-electron chi connectivity index (χ3n) is 12.8. The first-order valence-corrected chi connectivity index (χ1v) is 20.1. The maximum absolute atomic E-state index is 13.0. The van der Waals surface area contributed by atoms with Gasteiger partial charge in [0.1, 0.15) is 23.6 Å². The first-order chi connectivity index (χ1) is 26.3. The fraction of sp³-hybridized carbons (Fsp3) is 0.512. The highest BCUT2D eigenvalue weighted by Crippen LogP contribution is 2.61. The van der Waals surface area contributed by atoms with Gasteiger partial charge in [0.15, 0.2) is 11.4 Å². The molecule has 1 saturated heterocycles. The standard InChI is InChI=1S/C43H54N8O3/c1-3-37(52)48-35-23-32(10-11-36(35)54-34-8-5-4-6-9-34)39-38-40(44)46-27-47-41(38)51(49-39)33-13-18-50(19-14-33)17-7-16-45-42(53)28(2)12-15-43-24-29-20-30(25-43)22-31(21-29)26-43/h3-6,8-11,23,27-31,33H,1,7,12-22,24-26H2,2H3,(H,45,53)(H,48,52)(H2,44,46,47). The molecule has 4 aromatic rings. The maximum atomic E-state index is 13.0. The summed E-state index contributed by atoms with van der Waals surface area (Å²) in [4.78, 5) is 36.9. The SMILES string of the molecule is C=CC(=O)Nc1cc(-c2nn(C3CCN(CCCNC(=O)C(C)CCC45CC6CC(CC(C6)C4)C5)CC3)c3ncnc(N)c23)ccc1Oc1ccccc1. The van der Waals surface area contributed by atoms with E-state index in [0.717, 1.165) is 68.6 Å². The molecule has 1 aliphatic heterocycles. The van der Waals surface area contributed by atoms with E-state index in [1.807, 2.05) is 53.2 Å². The highest BCUT2D eigenvalue weighted by atomic mass is 16.5. The average molecular weight is 731 g/mol. The van der Waals surface area contributed by atoms with E-state index < -0.39 is 0 Å². The highest BCUT2D eigenvalue weighted by molar-refractivity contribution is 6.02. The number of piperidine rings is 1. The largest absolute Gasteiger partial charge is 0.455 e. The molecule has 4 saturated carbocycles. The van der Waals surface area contributed by atoms with Crippen molar-refractivity contribution in [2.45, 2.75) is 83.6 Å². The lowest BCUT2D eigenvalue weighted by molar-refractivity contribution is -0.125. The zero-order valence-electron chi connectivity index (χ0n) is 31.5. The van der Waals surface area contributed by atoms with Crippen LogP contribution in [0.2, 0.25) is 0 Å². The Balaban J connectivity index is 0.865. The van der Waals surface area contributed by atoms with E-state index in [1.165, 1.54) is 57.3 Å². The summed E-state index contributed by atoms with van der Waals surface area (Å²) < 4.78 is 8.12. The van der Waals surface area contributed by atoms with Gasteiger partial charge in [0.05, 0.1) is 17.1 Å².